The van der Waals surface area contributed by atoms with Crippen LogP contribution >= 0.6 is 0 Å². The summed E-state index contributed by atoms with van der Waals surface area (Å²) < 4.78 is 14.2. The van der Waals surface area contributed by atoms with E-state index >= 15 is 0 Å². The molecule has 47 heavy (non-hydrogen) atoms. The molecule has 0 saturated heterocycles. The van der Waals surface area contributed by atoms with E-state index in [1.165, 1.54) is 22.3 Å². The second-order valence-electron chi connectivity index (χ2n) is 12.5. The Morgan fingerprint density at radius 1 is 0.383 bits per heavy atom. The molecular formula is C44H31BO2. The summed E-state index contributed by atoms with van der Waals surface area (Å²) >= 11 is 0. The molecule has 0 radical (unpaired) electrons. The molecule has 2 nitrogen and oxygen atoms in total. The third-order valence-electron chi connectivity index (χ3n) is 9.71. The quantitative estimate of drug-likeness (QED) is 0.187. The first-order valence-electron chi connectivity index (χ1n) is 16.2. The molecule has 0 aromatic heterocycles. The van der Waals surface area contributed by atoms with E-state index in [-0.39, 0.29) is 6.71 Å². The Bertz CT molecular complexity index is 2160. The van der Waals surface area contributed by atoms with E-state index in [0.717, 1.165) is 72.8 Å². The summed E-state index contributed by atoms with van der Waals surface area (Å²) in [6, 6.07) is 53.9. The van der Waals surface area contributed by atoms with Gasteiger partial charge in [0.15, 0.2) is 0 Å². The van der Waals surface area contributed by atoms with Gasteiger partial charge in [-0.25, -0.2) is 0 Å². The lowest BCUT2D eigenvalue weighted by Gasteiger charge is -2.36. The van der Waals surface area contributed by atoms with Crippen molar-refractivity contribution in [2.45, 2.75) is 13.8 Å². The molecule has 0 bridgehead atoms. The molecule has 222 valence electrons. The van der Waals surface area contributed by atoms with Gasteiger partial charge in [-0.2, -0.15) is 0 Å². The van der Waals surface area contributed by atoms with Crippen LogP contribution in [-0.2, 0) is 0 Å². The van der Waals surface area contributed by atoms with E-state index in [9.17, 15) is 0 Å². The molecule has 2 heterocycles. The van der Waals surface area contributed by atoms with Crippen molar-refractivity contribution in [1.82, 2.24) is 0 Å². The van der Waals surface area contributed by atoms with Gasteiger partial charge in [0.05, 0.1) is 0 Å². The van der Waals surface area contributed by atoms with E-state index in [1.807, 2.05) is 0 Å². The second-order valence-corrected chi connectivity index (χ2v) is 12.5. The highest BCUT2D eigenvalue weighted by atomic mass is 16.5. The molecular weight excluding hydrogens is 571 g/mol. The minimum absolute atomic E-state index is 0.0612. The summed E-state index contributed by atoms with van der Waals surface area (Å²) in [7, 11) is 0. The van der Waals surface area contributed by atoms with E-state index < -0.39 is 0 Å². The fourth-order valence-electron chi connectivity index (χ4n) is 7.34. The number of benzene rings is 7. The van der Waals surface area contributed by atoms with Crippen molar-refractivity contribution >= 4 is 23.1 Å². The molecule has 7 aromatic carbocycles. The molecule has 0 amide bonds. The van der Waals surface area contributed by atoms with Crippen molar-refractivity contribution in [3.63, 3.8) is 0 Å². The van der Waals surface area contributed by atoms with Crippen LogP contribution in [0.2, 0.25) is 0 Å². The van der Waals surface area contributed by atoms with Crippen LogP contribution in [0.4, 0.5) is 0 Å². The zero-order valence-corrected chi connectivity index (χ0v) is 26.3. The molecule has 3 heteroatoms. The predicted octanol–water partition coefficient (Wildman–Crippen LogP) is 9.70. The van der Waals surface area contributed by atoms with Gasteiger partial charge in [0, 0.05) is 16.6 Å². The SMILES string of the molecule is Cc1ccccc1-c1cc(-c2ccccc2C)c2c3c1Oc1cc(-c4ccccc4)ccc1B3c1ccc(-c3ccccc3)cc1O2. The van der Waals surface area contributed by atoms with Gasteiger partial charge >= 0.3 is 0 Å². The van der Waals surface area contributed by atoms with Crippen molar-refractivity contribution in [3.8, 4) is 67.5 Å². The number of rotatable bonds is 4. The first-order valence-corrected chi connectivity index (χ1v) is 16.2. The second kappa shape index (κ2) is 10.9. The Labute approximate surface area is 276 Å². The Kier molecular flexibility index (Phi) is 6.40. The van der Waals surface area contributed by atoms with Crippen LogP contribution in [-0.4, -0.2) is 6.71 Å². The number of ether oxygens (including phenoxy) is 2. The van der Waals surface area contributed by atoms with Gasteiger partial charge in [0.1, 0.15) is 23.0 Å². The zero-order chi connectivity index (χ0) is 31.5. The maximum Gasteiger partial charge on any atom is 0.260 e. The highest BCUT2D eigenvalue weighted by Gasteiger charge is 2.43. The van der Waals surface area contributed by atoms with Gasteiger partial charge in [-0.05, 0) is 87.5 Å². The lowest BCUT2D eigenvalue weighted by Crippen LogP contribution is -2.57. The monoisotopic (exact) mass is 602 g/mol. The highest BCUT2D eigenvalue weighted by molar-refractivity contribution is 6.98. The average molecular weight is 603 g/mol. The zero-order valence-electron chi connectivity index (χ0n) is 26.3. The van der Waals surface area contributed by atoms with Crippen molar-refractivity contribution in [2.24, 2.45) is 0 Å². The molecule has 2 aliphatic heterocycles. The van der Waals surface area contributed by atoms with Gasteiger partial charge < -0.3 is 9.47 Å². The summed E-state index contributed by atoms with van der Waals surface area (Å²) in [5.41, 5.74) is 14.9. The summed E-state index contributed by atoms with van der Waals surface area (Å²) in [4.78, 5) is 0. The molecule has 9 rings (SSSR count). The normalized spacial score (nSPS) is 12.3. The third kappa shape index (κ3) is 4.50. The Hall–Kier alpha value is -5.80. The van der Waals surface area contributed by atoms with Crippen LogP contribution < -0.4 is 25.9 Å². The Morgan fingerprint density at radius 3 is 1.26 bits per heavy atom. The van der Waals surface area contributed by atoms with Crippen LogP contribution in [0.15, 0.2) is 152 Å². The van der Waals surface area contributed by atoms with Gasteiger partial charge in [-0.15, -0.1) is 0 Å². The molecule has 0 saturated carbocycles. The Morgan fingerprint density at radius 2 is 0.809 bits per heavy atom. The predicted molar refractivity (Wildman–Crippen MR) is 195 cm³/mol. The van der Waals surface area contributed by atoms with E-state index in [1.54, 1.807) is 0 Å². The molecule has 7 aromatic rings. The maximum atomic E-state index is 7.08. The number of aryl methyl sites for hydroxylation is 2. The third-order valence-corrected chi connectivity index (χ3v) is 9.71. The average Bonchev–Trinajstić information content (AvgIpc) is 3.12. The largest absolute Gasteiger partial charge is 0.458 e. The molecule has 0 N–H and O–H groups in total. The molecule has 0 unspecified atom stereocenters. The minimum atomic E-state index is -0.0612. The molecule has 0 fully saturated rings. The first-order chi connectivity index (χ1) is 23.1. The van der Waals surface area contributed by atoms with Gasteiger partial charge in [-0.3, -0.25) is 0 Å². The van der Waals surface area contributed by atoms with Crippen LogP contribution in [0.1, 0.15) is 11.1 Å². The smallest absolute Gasteiger partial charge is 0.260 e. The summed E-state index contributed by atoms with van der Waals surface area (Å²) in [5, 5.41) is 0. The van der Waals surface area contributed by atoms with Gasteiger partial charge in [0.25, 0.3) is 6.71 Å². The fourth-order valence-corrected chi connectivity index (χ4v) is 7.34. The van der Waals surface area contributed by atoms with Crippen LogP contribution in [0.3, 0.4) is 0 Å². The highest BCUT2D eigenvalue weighted by Crippen LogP contribution is 2.47. The van der Waals surface area contributed by atoms with Gasteiger partial charge in [0.2, 0.25) is 0 Å². The summed E-state index contributed by atoms with van der Waals surface area (Å²) in [6.45, 7) is 4.29. The Balaban J connectivity index is 1.35. The van der Waals surface area contributed by atoms with Crippen LogP contribution in [0, 0.1) is 13.8 Å². The summed E-state index contributed by atoms with van der Waals surface area (Å²) in [5.74, 6) is 3.50. The number of hydrogen-bond acceptors (Lipinski definition) is 2. The van der Waals surface area contributed by atoms with Crippen LogP contribution in [0.25, 0.3) is 44.5 Å². The van der Waals surface area contributed by atoms with Crippen molar-refractivity contribution in [3.05, 3.63) is 163 Å². The van der Waals surface area contributed by atoms with E-state index in [2.05, 4.69) is 166 Å². The molecule has 0 spiro atoms. The van der Waals surface area contributed by atoms with Gasteiger partial charge in [-0.1, -0.05) is 133 Å². The topological polar surface area (TPSA) is 18.5 Å². The number of hydrogen-bond donors (Lipinski definition) is 0. The maximum absolute atomic E-state index is 7.08. The minimum Gasteiger partial charge on any atom is -0.458 e. The summed E-state index contributed by atoms with van der Waals surface area (Å²) in [6.07, 6.45) is 0. The van der Waals surface area contributed by atoms with Crippen molar-refractivity contribution < 1.29 is 9.47 Å². The van der Waals surface area contributed by atoms with Crippen LogP contribution in [0.5, 0.6) is 23.0 Å². The first kappa shape index (κ1) is 27.5. The lowest BCUT2D eigenvalue weighted by atomic mass is 9.34. The molecule has 0 atom stereocenters. The molecule has 2 aliphatic rings. The van der Waals surface area contributed by atoms with E-state index in [0.29, 0.717) is 0 Å². The number of fused-ring (bicyclic) bond motifs is 4. The lowest BCUT2D eigenvalue weighted by molar-refractivity contribution is 0.467. The fraction of sp³-hybridized carbons (Fsp3) is 0.0455. The van der Waals surface area contributed by atoms with Crippen molar-refractivity contribution in [2.75, 3.05) is 0 Å². The van der Waals surface area contributed by atoms with E-state index in [4.69, 9.17) is 9.47 Å². The standard InChI is InChI=1S/C44H31BO2/c1-28-13-9-11-19-34(28)36-27-37(35-20-12-10-14-29(35)2)44-42-43(36)46-40-25-32(30-15-5-3-6-16-30)21-23-38(40)45(42)39-24-22-33(26-41(39)47-44)31-17-7-4-8-18-31/h3-27H,1-2H3. The molecule has 0 aliphatic carbocycles. The van der Waals surface area contributed by atoms with Crippen molar-refractivity contribution in [1.29, 1.82) is 0 Å².